The zero-order valence-corrected chi connectivity index (χ0v) is 30.9. The zero-order valence-electron chi connectivity index (χ0n) is 29.4. The van der Waals surface area contributed by atoms with Crippen LogP contribution in [0.4, 0.5) is 53.9 Å². The molecule has 0 aliphatic heterocycles. The van der Waals surface area contributed by atoms with Crippen molar-refractivity contribution in [3.8, 4) is 0 Å². The van der Waals surface area contributed by atoms with Crippen molar-refractivity contribution in [2.45, 2.75) is 64.1 Å². The predicted molar refractivity (Wildman–Crippen MR) is 197 cm³/mol. The second-order valence-electron chi connectivity index (χ2n) is 12.3. The summed E-state index contributed by atoms with van der Waals surface area (Å²) in [6.07, 6.45) is -5.82. The van der Waals surface area contributed by atoms with E-state index in [0.29, 0.717) is 24.6 Å². The third-order valence-corrected chi connectivity index (χ3v) is 8.87. The van der Waals surface area contributed by atoms with Gasteiger partial charge in [-0.05, 0) is 70.8 Å². The molecule has 0 radical (unpaired) electrons. The number of hydrogen-bond donors (Lipinski definition) is 3. The van der Waals surface area contributed by atoms with Gasteiger partial charge in [-0.15, -0.1) is 0 Å². The minimum Gasteiger partial charge on any atom is -0.462 e. The van der Waals surface area contributed by atoms with Gasteiger partial charge in [0.2, 0.25) is 6.08 Å². The van der Waals surface area contributed by atoms with Gasteiger partial charge in [-0.1, -0.05) is 47.5 Å². The fourth-order valence-electron chi connectivity index (χ4n) is 5.96. The lowest BCUT2D eigenvalue weighted by Crippen LogP contribution is -2.21. The number of nitrogens with two attached hydrogens (primary N) is 1. The molecule has 296 valence electrons. The van der Waals surface area contributed by atoms with E-state index >= 15 is 0 Å². The number of nitrogens with zero attached hydrogens (tertiary/aromatic N) is 1. The van der Waals surface area contributed by atoms with Gasteiger partial charge in [0, 0.05) is 56.6 Å². The number of hydrogen-bond acceptors (Lipinski definition) is 8. The van der Waals surface area contributed by atoms with Gasteiger partial charge >= 0.3 is 30.3 Å². The SMILES string of the molecule is CC(=O)OC1Cc2cccc(N)c2C1.CC(=O)OC1Cc2cccc(NC(=O)Nc3ccc(Cl)c(C(F)(F)F)c3)c2C1.O=C=Nc1ccc(Cl)c(C(F)(F)F)c1. The van der Waals surface area contributed by atoms with Crippen LogP contribution in [0.2, 0.25) is 10.0 Å². The lowest BCUT2D eigenvalue weighted by Gasteiger charge is -2.14. The first-order chi connectivity index (χ1) is 26.2. The Bertz CT molecular complexity index is 2160. The van der Waals surface area contributed by atoms with Crippen LogP contribution in [0, 0.1) is 0 Å². The molecule has 56 heavy (non-hydrogen) atoms. The molecule has 2 aliphatic carbocycles. The summed E-state index contributed by atoms with van der Waals surface area (Å²) in [5.74, 6) is -0.602. The fourth-order valence-corrected chi connectivity index (χ4v) is 6.41. The number of nitrogen functional groups attached to an aromatic ring is 1. The highest BCUT2D eigenvalue weighted by molar-refractivity contribution is 6.31. The number of halogens is 8. The normalized spacial score (nSPS) is 15.3. The highest BCUT2D eigenvalue weighted by Crippen LogP contribution is 2.38. The second-order valence-corrected chi connectivity index (χ2v) is 13.2. The highest BCUT2D eigenvalue weighted by atomic mass is 35.5. The van der Waals surface area contributed by atoms with Gasteiger partial charge in [0.05, 0.1) is 26.9 Å². The van der Waals surface area contributed by atoms with Crippen molar-refractivity contribution in [1.82, 2.24) is 0 Å². The highest BCUT2D eigenvalue weighted by Gasteiger charge is 2.34. The van der Waals surface area contributed by atoms with Crippen LogP contribution in [0.5, 0.6) is 0 Å². The number of benzene rings is 4. The summed E-state index contributed by atoms with van der Waals surface area (Å²) in [4.78, 5) is 47.1. The van der Waals surface area contributed by atoms with E-state index in [2.05, 4.69) is 15.6 Å². The number of alkyl halides is 6. The van der Waals surface area contributed by atoms with E-state index in [1.54, 1.807) is 12.1 Å². The summed E-state index contributed by atoms with van der Waals surface area (Å²) >= 11 is 10.9. The lowest BCUT2D eigenvalue weighted by atomic mass is 10.1. The first-order valence-corrected chi connectivity index (χ1v) is 17.2. The van der Waals surface area contributed by atoms with Crippen LogP contribution in [0.25, 0.3) is 0 Å². The molecule has 2 atom stereocenters. The molecule has 2 amide bonds. The molecule has 2 aliphatic rings. The molecule has 4 aromatic carbocycles. The molecule has 10 nitrogen and oxygen atoms in total. The van der Waals surface area contributed by atoms with Crippen LogP contribution in [-0.4, -0.2) is 36.3 Å². The number of carbonyl (C=O) groups is 3. The maximum Gasteiger partial charge on any atom is 0.417 e. The Labute approximate surface area is 326 Å². The molecular formula is C38H32Cl2F6N4O6. The first kappa shape index (κ1) is 43.2. The Morgan fingerprint density at radius 1 is 0.732 bits per heavy atom. The number of fused-ring (bicyclic) bond motifs is 2. The van der Waals surface area contributed by atoms with Gasteiger partial charge in [0.15, 0.2) is 0 Å². The smallest absolute Gasteiger partial charge is 0.417 e. The monoisotopic (exact) mass is 824 g/mol. The largest absolute Gasteiger partial charge is 0.462 e. The summed E-state index contributed by atoms with van der Waals surface area (Å²) in [5, 5.41) is 4.13. The van der Waals surface area contributed by atoms with E-state index in [0.717, 1.165) is 59.5 Å². The van der Waals surface area contributed by atoms with Crippen molar-refractivity contribution >= 4 is 70.0 Å². The number of aliphatic imine (C=N–C) groups is 1. The van der Waals surface area contributed by atoms with Gasteiger partial charge in [-0.25, -0.2) is 9.59 Å². The number of ether oxygens (including phenoxy) is 2. The third-order valence-electron chi connectivity index (χ3n) is 8.21. The Morgan fingerprint density at radius 2 is 1.25 bits per heavy atom. The number of esters is 2. The zero-order chi connectivity index (χ0) is 41.4. The quantitative estimate of drug-likeness (QED) is 0.0597. The Balaban J connectivity index is 0.000000208. The molecule has 6 rings (SSSR count). The Hall–Kier alpha value is -5.57. The van der Waals surface area contributed by atoms with Crippen LogP contribution in [0.15, 0.2) is 77.8 Å². The molecule has 0 saturated carbocycles. The second kappa shape index (κ2) is 18.4. The van der Waals surface area contributed by atoms with Gasteiger partial charge in [0.25, 0.3) is 0 Å². The molecular weight excluding hydrogens is 793 g/mol. The topological polar surface area (TPSA) is 149 Å². The average molecular weight is 826 g/mol. The van der Waals surface area contributed by atoms with Crippen molar-refractivity contribution in [2.24, 2.45) is 4.99 Å². The molecule has 0 spiro atoms. The van der Waals surface area contributed by atoms with E-state index in [-0.39, 0.29) is 35.5 Å². The number of urea groups is 1. The molecule has 0 fully saturated rings. The van der Waals surface area contributed by atoms with Crippen LogP contribution in [0.1, 0.15) is 47.2 Å². The van der Waals surface area contributed by atoms with Crippen LogP contribution in [0.3, 0.4) is 0 Å². The van der Waals surface area contributed by atoms with E-state index < -0.39 is 39.6 Å². The van der Waals surface area contributed by atoms with Crippen molar-refractivity contribution in [3.05, 3.63) is 116 Å². The van der Waals surface area contributed by atoms with Gasteiger partial charge in [-0.3, -0.25) is 9.59 Å². The van der Waals surface area contributed by atoms with Crippen LogP contribution in [-0.2, 0) is 61.9 Å². The molecule has 0 bridgehead atoms. The summed E-state index contributed by atoms with van der Waals surface area (Å²) in [6, 6.07) is 16.5. The number of anilines is 3. The minimum atomic E-state index is -4.63. The molecule has 4 aromatic rings. The van der Waals surface area contributed by atoms with Crippen molar-refractivity contribution in [1.29, 1.82) is 0 Å². The standard InChI is InChI=1S/C19H16ClF3N2O3.C11H13NO2.C8H3ClF3NO/c1-10(26)28-13-7-11-3-2-4-17(14(11)9-13)25-18(27)24-12-5-6-16(20)15(8-12)19(21,22)23;1-7(13)14-9-5-8-3-2-4-11(12)10(8)6-9;9-7-2-1-5(13-4-14)3-6(7)8(10,11)12/h2-6,8,13H,7,9H2,1H3,(H2,24,25,27);2-4,9H,5-6,12H2,1H3;1-3H. The molecule has 0 heterocycles. The number of isocyanates is 1. The minimum absolute atomic E-state index is 0.0211. The fraction of sp³-hybridized carbons (Fsp3) is 0.263. The third kappa shape index (κ3) is 12.0. The number of rotatable bonds is 5. The molecule has 2 unspecified atom stereocenters. The van der Waals surface area contributed by atoms with Crippen molar-refractivity contribution < 1.29 is 55.0 Å². The molecule has 0 saturated heterocycles. The Kier molecular flexibility index (Phi) is 14.2. The van der Waals surface area contributed by atoms with Crippen molar-refractivity contribution in [3.63, 3.8) is 0 Å². The number of amides is 2. The molecule has 18 heteroatoms. The number of carbonyl (C=O) groups excluding carboxylic acids is 4. The van der Waals surface area contributed by atoms with E-state index in [9.17, 15) is 45.5 Å². The number of nitrogens with one attached hydrogen (secondary N) is 2. The van der Waals surface area contributed by atoms with E-state index in [1.165, 1.54) is 31.5 Å². The molecule has 4 N–H and O–H groups in total. The van der Waals surface area contributed by atoms with Gasteiger partial charge in [0.1, 0.15) is 12.2 Å². The average Bonchev–Trinajstić information content (AvgIpc) is 3.70. The van der Waals surface area contributed by atoms with Crippen LogP contribution < -0.4 is 16.4 Å². The lowest BCUT2D eigenvalue weighted by molar-refractivity contribution is -0.146. The summed E-state index contributed by atoms with van der Waals surface area (Å²) in [6.45, 7) is 2.77. The van der Waals surface area contributed by atoms with Crippen molar-refractivity contribution in [2.75, 3.05) is 16.4 Å². The van der Waals surface area contributed by atoms with Crippen LogP contribution >= 0.6 is 23.2 Å². The maximum atomic E-state index is 12.9. The summed E-state index contributed by atoms with van der Waals surface area (Å²) in [5.41, 5.74) is 9.03. The van der Waals surface area contributed by atoms with E-state index in [4.69, 9.17) is 38.4 Å². The van der Waals surface area contributed by atoms with Gasteiger partial charge in [-0.2, -0.15) is 31.3 Å². The van der Waals surface area contributed by atoms with Gasteiger partial charge < -0.3 is 25.8 Å². The predicted octanol–water partition coefficient (Wildman–Crippen LogP) is 9.66. The first-order valence-electron chi connectivity index (χ1n) is 16.5. The van der Waals surface area contributed by atoms with E-state index in [1.807, 2.05) is 24.3 Å². The maximum absolute atomic E-state index is 12.9. The Morgan fingerprint density at radius 3 is 1.79 bits per heavy atom. The molecule has 0 aromatic heterocycles. The summed E-state index contributed by atoms with van der Waals surface area (Å²) < 4.78 is 85.9. The summed E-state index contributed by atoms with van der Waals surface area (Å²) in [7, 11) is 0.